The molecule has 0 fully saturated rings. The van der Waals surface area contributed by atoms with Crippen LogP contribution in [0.5, 0.6) is 0 Å². The highest BCUT2D eigenvalue weighted by Gasteiger charge is 2.17. The Morgan fingerprint density at radius 1 is 0.917 bits per heavy atom. The first kappa shape index (κ1) is 15.1. The Morgan fingerprint density at radius 2 is 1.75 bits per heavy atom. The largest absolute Gasteiger partial charge is 0.454 e. The van der Waals surface area contributed by atoms with E-state index in [4.69, 9.17) is 9.40 Å². The number of pyridine rings is 2. The van der Waals surface area contributed by atoms with E-state index in [9.17, 15) is 0 Å². The van der Waals surface area contributed by atoms with Crippen LogP contribution in [0.2, 0.25) is 19.6 Å². The molecule has 4 heteroatoms. The molecule has 4 rings (SSSR count). The highest BCUT2D eigenvalue weighted by atomic mass is 28.3. The fourth-order valence-electron chi connectivity index (χ4n) is 3.00. The number of fused-ring (bicyclic) bond motifs is 3. The van der Waals surface area contributed by atoms with Crippen molar-refractivity contribution in [2.45, 2.75) is 26.6 Å². The molecule has 3 aromatic heterocycles. The lowest BCUT2D eigenvalue weighted by molar-refractivity contribution is 0.663. The maximum Gasteiger partial charge on any atom is 0.156 e. The average Bonchev–Trinajstić information content (AvgIpc) is 2.94. The van der Waals surface area contributed by atoms with Crippen LogP contribution in [0.4, 0.5) is 0 Å². The maximum absolute atomic E-state index is 5.96. The zero-order chi connectivity index (χ0) is 16.9. The summed E-state index contributed by atoms with van der Waals surface area (Å²) in [6.45, 7) is 8.99. The second-order valence-electron chi connectivity index (χ2n) is 7.27. The van der Waals surface area contributed by atoms with Crippen LogP contribution in [0.25, 0.3) is 33.2 Å². The van der Waals surface area contributed by atoms with E-state index < -0.39 is 8.07 Å². The Labute approximate surface area is 142 Å². The summed E-state index contributed by atoms with van der Waals surface area (Å²) in [7, 11) is -1.32. The first-order valence-electron chi connectivity index (χ1n) is 8.18. The van der Waals surface area contributed by atoms with Gasteiger partial charge in [0.05, 0.1) is 19.5 Å². The fraction of sp³-hybridized carbons (Fsp3) is 0.200. The standard InChI is InChI=1S/C20H20N2OSi/c1-13-20-16(9-10-21-13)17-11-14(5-8-19(17)23-20)18-7-6-15(12-22-18)24(2,3)4/h5-12H,1-4H3. The number of nitrogens with zero attached hydrogens (tertiary/aromatic N) is 2. The van der Waals surface area contributed by atoms with Gasteiger partial charge in [0.25, 0.3) is 0 Å². The van der Waals surface area contributed by atoms with Crippen LogP contribution in [-0.2, 0) is 0 Å². The summed E-state index contributed by atoms with van der Waals surface area (Å²) >= 11 is 0. The number of furan rings is 1. The molecule has 0 aliphatic heterocycles. The Bertz CT molecular complexity index is 1040. The van der Waals surface area contributed by atoms with Gasteiger partial charge in [0.15, 0.2) is 5.58 Å². The molecule has 3 heterocycles. The first-order chi connectivity index (χ1) is 11.4. The average molecular weight is 332 g/mol. The van der Waals surface area contributed by atoms with E-state index in [0.29, 0.717) is 0 Å². The molecular formula is C20H20N2OSi. The highest BCUT2D eigenvalue weighted by Crippen LogP contribution is 2.32. The third kappa shape index (κ3) is 2.43. The normalized spacial score (nSPS) is 12.2. The SMILES string of the molecule is Cc1nccc2c1oc1ccc(-c3ccc([Si](C)(C)C)cn3)cc12. The van der Waals surface area contributed by atoms with Gasteiger partial charge in [-0.15, -0.1) is 0 Å². The molecule has 4 aromatic rings. The summed E-state index contributed by atoms with van der Waals surface area (Å²) in [5.74, 6) is 0. The zero-order valence-corrected chi connectivity index (χ0v) is 15.4. The molecule has 0 atom stereocenters. The van der Waals surface area contributed by atoms with Crippen molar-refractivity contribution in [2.24, 2.45) is 0 Å². The first-order valence-corrected chi connectivity index (χ1v) is 11.7. The number of aryl methyl sites for hydroxylation is 1. The number of aromatic nitrogens is 2. The van der Waals surface area contributed by atoms with Gasteiger partial charge in [0.1, 0.15) is 5.58 Å². The molecule has 0 saturated heterocycles. The Balaban J connectivity index is 1.85. The number of hydrogen-bond donors (Lipinski definition) is 0. The molecule has 0 saturated carbocycles. The van der Waals surface area contributed by atoms with Crippen LogP contribution in [0, 0.1) is 6.92 Å². The van der Waals surface area contributed by atoms with Crippen molar-refractivity contribution in [3.8, 4) is 11.3 Å². The fourth-order valence-corrected chi connectivity index (χ4v) is 4.04. The summed E-state index contributed by atoms with van der Waals surface area (Å²) < 4.78 is 5.96. The van der Waals surface area contributed by atoms with E-state index in [1.165, 1.54) is 5.19 Å². The molecular weight excluding hydrogens is 312 g/mol. The lowest BCUT2D eigenvalue weighted by Gasteiger charge is -2.16. The quantitative estimate of drug-likeness (QED) is 0.490. The van der Waals surface area contributed by atoms with Crippen LogP contribution in [0.3, 0.4) is 0 Å². The van der Waals surface area contributed by atoms with Crippen LogP contribution in [0.1, 0.15) is 5.69 Å². The molecule has 0 aliphatic rings. The molecule has 24 heavy (non-hydrogen) atoms. The number of rotatable bonds is 2. The van der Waals surface area contributed by atoms with Gasteiger partial charge in [-0.3, -0.25) is 9.97 Å². The molecule has 0 unspecified atom stereocenters. The molecule has 120 valence electrons. The molecule has 1 aromatic carbocycles. The highest BCUT2D eigenvalue weighted by molar-refractivity contribution is 6.88. The van der Waals surface area contributed by atoms with Gasteiger partial charge in [0, 0.05) is 28.7 Å². The van der Waals surface area contributed by atoms with Crippen LogP contribution in [0.15, 0.2) is 53.2 Å². The minimum absolute atomic E-state index is 0.867. The topological polar surface area (TPSA) is 38.9 Å². The summed E-state index contributed by atoms with van der Waals surface area (Å²) in [5.41, 5.74) is 4.79. The third-order valence-electron chi connectivity index (χ3n) is 4.49. The van der Waals surface area contributed by atoms with Crippen molar-refractivity contribution in [2.75, 3.05) is 0 Å². The van der Waals surface area contributed by atoms with E-state index in [1.807, 2.05) is 31.5 Å². The van der Waals surface area contributed by atoms with Gasteiger partial charge in [-0.2, -0.15) is 0 Å². The number of hydrogen-bond acceptors (Lipinski definition) is 3. The zero-order valence-electron chi connectivity index (χ0n) is 14.4. The van der Waals surface area contributed by atoms with Crippen LogP contribution < -0.4 is 5.19 Å². The summed E-state index contributed by atoms with van der Waals surface area (Å²) in [6, 6.07) is 12.6. The van der Waals surface area contributed by atoms with Crippen molar-refractivity contribution < 1.29 is 4.42 Å². The second kappa shape index (κ2) is 5.28. The predicted molar refractivity (Wildman–Crippen MR) is 102 cm³/mol. The molecule has 0 spiro atoms. The van der Waals surface area contributed by atoms with E-state index in [-0.39, 0.29) is 0 Å². The minimum Gasteiger partial charge on any atom is -0.454 e. The monoisotopic (exact) mass is 332 g/mol. The van der Waals surface area contributed by atoms with Gasteiger partial charge in [0.2, 0.25) is 0 Å². The lowest BCUT2D eigenvalue weighted by Crippen LogP contribution is -2.37. The van der Waals surface area contributed by atoms with Gasteiger partial charge in [-0.1, -0.05) is 25.7 Å². The van der Waals surface area contributed by atoms with Gasteiger partial charge >= 0.3 is 0 Å². The van der Waals surface area contributed by atoms with E-state index in [1.54, 1.807) is 0 Å². The predicted octanol–water partition coefficient (Wildman–Crippen LogP) is 4.90. The Morgan fingerprint density at radius 3 is 2.46 bits per heavy atom. The Hall–Kier alpha value is -2.46. The number of benzene rings is 1. The molecule has 0 aliphatic carbocycles. The third-order valence-corrected chi connectivity index (χ3v) is 6.52. The minimum atomic E-state index is -1.32. The van der Waals surface area contributed by atoms with Crippen molar-refractivity contribution >= 4 is 35.2 Å². The van der Waals surface area contributed by atoms with E-state index in [0.717, 1.165) is 38.9 Å². The molecule has 0 amide bonds. The smallest absolute Gasteiger partial charge is 0.156 e. The Kier molecular flexibility index (Phi) is 3.32. The van der Waals surface area contributed by atoms with Crippen molar-refractivity contribution in [1.82, 2.24) is 9.97 Å². The van der Waals surface area contributed by atoms with Crippen molar-refractivity contribution in [3.05, 3.63) is 54.5 Å². The van der Waals surface area contributed by atoms with Gasteiger partial charge in [-0.25, -0.2) is 0 Å². The maximum atomic E-state index is 5.96. The van der Waals surface area contributed by atoms with Crippen LogP contribution >= 0.6 is 0 Å². The van der Waals surface area contributed by atoms with Crippen molar-refractivity contribution in [3.63, 3.8) is 0 Å². The molecule has 0 radical (unpaired) electrons. The van der Waals surface area contributed by atoms with Crippen LogP contribution in [-0.4, -0.2) is 18.0 Å². The summed E-state index contributed by atoms with van der Waals surface area (Å²) in [5, 5.41) is 3.60. The second-order valence-corrected chi connectivity index (χ2v) is 12.3. The van der Waals surface area contributed by atoms with Gasteiger partial charge in [-0.05, 0) is 42.4 Å². The van der Waals surface area contributed by atoms with Gasteiger partial charge < -0.3 is 4.42 Å². The summed E-state index contributed by atoms with van der Waals surface area (Å²) in [6.07, 6.45) is 3.87. The molecule has 3 nitrogen and oxygen atoms in total. The molecule has 0 N–H and O–H groups in total. The lowest BCUT2D eigenvalue weighted by atomic mass is 10.1. The summed E-state index contributed by atoms with van der Waals surface area (Å²) in [4.78, 5) is 9.01. The van der Waals surface area contributed by atoms with Crippen molar-refractivity contribution in [1.29, 1.82) is 0 Å². The van der Waals surface area contributed by atoms with E-state index >= 15 is 0 Å². The molecule has 0 bridgehead atoms. The van der Waals surface area contributed by atoms with E-state index in [2.05, 4.69) is 48.9 Å².